The molecule has 8 heteroatoms. The Bertz CT molecular complexity index is 150. The van der Waals surface area contributed by atoms with Crippen molar-refractivity contribution < 1.29 is 14.0 Å². The molecule has 0 fully saturated rings. The monoisotopic (exact) mass is 227 g/mol. The first-order valence-electron chi connectivity index (χ1n) is 2.03. The Morgan fingerprint density at radius 1 is 1.60 bits per heavy atom. The summed E-state index contributed by atoms with van der Waals surface area (Å²) >= 11 is 15.5. The van der Waals surface area contributed by atoms with Crippen molar-refractivity contribution in [1.82, 2.24) is 0 Å². The Balaban J connectivity index is 3.67. The van der Waals surface area contributed by atoms with E-state index in [4.69, 9.17) is 39.7 Å². The average molecular weight is 228 g/mol. The minimum absolute atomic E-state index is 0.512. The fourth-order valence-electron chi connectivity index (χ4n) is 0.166. The standard InChI is InChI=1S/C2H5Cl3NO3P/c3-2(4,5)1-9-10(6,7)8/h1H2,(H3,6,7,8). The number of hydrogen-bond acceptors (Lipinski definition) is 2. The molecule has 1 atom stereocenters. The van der Waals surface area contributed by atoms with E-state index in [1.54, 1.807) is 0 Å². The van der Waals surface area contributed by atoms with E-state index in [2.05, 4.69) is 10.0 Å². The molecule has 0 rings (SSSR count). The molecule has 0 aliphatic rings. The largest absolute Gasteiger partial charge is 0.400 e. The van der Waals surface area contributed by atoms with E-state index in [0.717, 1.165) is 0 Å². The molecule has 10 heavy (non-hydrogen) atoms. The summed E-state index contributed by atoms with van der Waals surface area (Å²) in [4.78, 5) is 8.32. The minimum Gasteiger partial charge on any atom is -0.313 e. The fourth-order valence-corrected chi connectivity index (χ4v) is 0.936. The molecule has 0 heterocycles. The Labute approximate surface area is 72.8 Å². The molecule has 0 aromatic carbocycles. The van der Waals surface area contributed by atoms with Crippen molar-refractivity contribution in [1.29, 1.82) is 0 Å². The molecule has 62 valence electrons. The van der Waals surface area contributed by atoms with E-state index in [1.807, 2.05) is 0 Å². The average Bonchev–Trinajstić information content (AvgIpc) is 1.57. The fraction of sp³-hybridized carbons (Fsp3) is 1.00. The maximum absolute atomic E-state index is 10.2. The van der Waals surface area contributed by atoms with E-state index in [9.17, 15) is 4.57 Å². The molecule has 1 unspecified atom stereocenters. The predicted molar refractivity (Wildman–Crippen MR) is 40.3 cm³/mol. The highest BCUT2D eigenvalue weighted by Gasteiger charge is 2.24. The number of hydrogen-bond donors (Lipinski definition) is 2. The normalized spacial score (nSPS) is 18.5. The lowest BCUT2D eigenvalue weighted by Crippen LogP contribution is -2.13. The first-order valence-corrected chi connectivity index (χ1v) is 4.81. The third kappa shape index (κ3) is 8.98. The SMILES string of the molecule is NP(=O)(O)OCC(Cl)(Cl)Cl. The second kappa shape index (κ2) is 3.59. The van der Waals surface area contributed by atoms with Crippen molar-refractivity contribution in [2.24, 2.45) is 5.50 Å². The van der Waals surface area contributed by atoms with E-state index in [0.29, 0.717) is 0 Å². The summed E-state index contributed by atoms with van der Waals surface area (Å²) < 4.78 is 12.6. The summed E-state index contributed by atoms with van der Waals surface area (Å²) in [6.45, 7) is -0.512. The Morgan fingerprint density at radius 2 is 2.00 bits per heavy atom. The predicted octanol–water partition coefficient (Wildman–Crippen LogP) is 1.43. The van der Waals surface area contributed by atoms with Gasteiger partial charge in [0, 0.05) is 0 Å². The van der Waals surface area contributed by atoms with Crippen LogP contribution in [0.2, 0.25) is 0 Å². The van der Waals surface area contributed by atoms with Gasteiger partial charge < -0.3 is 4.89 Å². The van der Waals surface area contributed by atoms with Crippen LogP contribution in [0.1, 0.15) is 0 Å². The van der Waals surface area contributed by atoms with Crippen LogP contribution < -0.4 is 5.50 Å². The second-order valence-electron chi connectivity index (χ2n) is 1.45. The van der Waals surface area contributed by atoms with E-state index in [1.165, 1.54) is 0 Å². The van der Waals surface area contributed by atoms with E-state index < -0.39 is 18.1 Å². The van der Waals surface area contributed by atoms with E-state index >= 15 is 0 Å². The molecule has 0 saturated heterocycles. The van der Waals surface area contributed by atoms with Crippen molar-refractivity contribution in [3.05, 3.63) is 0 Å². The summed E-state index contributed by atoms with van der Waals surface area (Å²) in [5.74, 6) is 0. The van der Waals surface area contributed by atoms with Crippen LogP contribution in [0.15, 0.2) is 0 Å². The van der Waals surface area contributed by atoms with Crippen molar-refractivity contribution in [2.75, 3.05) is 6.61 Å². The van der Waals surface area contributed by atoms with Crippen LogP contribution in [0.4, 0.5) is 0 Å². The molecule has 0 radical (unpaired) electrons. The molecule has 0 aliphatic carbocycles. The summed E-state index contributed by atoms with van der Waals surface area (Å²) in [5.41, 5.74) is 4.56. The smallest absolute Gasteiger partial charge is 0.313 e. The summed E-state index contributed by atoms with van der Waals surface area (Å²) in [6, 6.07) is 0. The van der Waals surface area contributed by atoms with E-state index in [-0.39, 0.29) is 0 Å². The second-order valence-corrected chi connectivity index (χ2v) is 5.36. The topological polar surface area (TPSA) is 72.6 Å². The van der Waals surface area contributed by atoms with Crippen molar-refractivity contribution in [3.63, 3.8) is 0 Å². The number of nitrogens with two attached hydrogens (primary N) is 1. The lowest BCUT2D eigenvalue weighted by molar-refractivity contribution is 0.265. The highest BCUT2D eigenvalue weighted by Crippen LogP contribution is 2.36. The zero-order valence-corrected chi connectivity index (χ0v) is 7.79. The van der Waals surface area contributed by atoms with Crippen molar-refractivity contribution in [2.45, 2.75) is 3.79 Å². The van der Waals surface area contributed by atoms with Crippen LogP contribution in [-0.2, 0) is 9.09 Å². The molecule has 0 spiro atoms. The molecule has 0 saturated carbocycles. The van der Waals surface area contributed by atoms with Gasteiger partial charge in [-0.25, -0.2) is 10.1 Å². The highest BCUT2D eigenvalue weighted by molar-refractivity contribution is 7.50. The van der Waals surface area contributed by atoms with Gasteiger partial charge in [-0.2, -0.15) is 0 Å². The van der Waals surface area contributed by atoms with Gasteiger partial charge in [0.1, 0.15) is 6.61 Å². The maximum Gasteiger partial charge on any atom is 0.400 e. The van der Waals surface area contributed by atoms with Gasteiger partial charge in [-0.1, -0.05) is 34.8 Å². The number of alkyl halides is 3. The van der Waals surface area contributed by atoms with Gasteiger partial charge in [-0.15, -0.1) is 0 Å². The molecule has 0 bridgehead atoms. The molecular weight excluding hydrogens is 223 g/mol. The molecule has 0 aromatic rings. The molecular formula is C2H5Cl3NO3P. The van der Waals surface area contributed by atoms with Gasteiger partial charge in [-0.3, -0.25) is 4.52 Å². The van der Waals surface area contributed by atoms with Crippen molar-refractivity contribution in [3.8, 4) is 0 Å². The number of halogens is 3. The van der Waals surface area contributed by atoms with Crippen LogP contribution in [0, 0.1) is 0 Å². The van der Waals surface area contributed by atoms with Gasteiger partial charge in [0.05, 0.1) is 0 Å². The van der Waals surface area contributed by atoms with Gasteiger partial charge in [0.2, 0.25) is 3.79 Å². The molecule has 4 nitrogen and oxygen atoms in total. The lowest BCUT2D eigenvalue weighted by Gasteiger charge is -2.11. The first-order chi connectivity index (χ1) is 4.21. The quantitative estimate of drug-likeness (QED) is 0.554. The van der Waals surface area contributed by atoms with Gasteiger partial charge in [0.25, 0.3) is 0 Å². The summed E-state index contributed by atoms with van der Waals surface area (Å²) in [5, 5.41) is 0. The summed E-state index contributed by atoms with van der Waals surface area (Å²) in [6.07, 6.45) is 0. The third-order valence-corrected chi connectivity index (χ3v) is 1.24. The van der Waals surface area contributed by atoms with Crippen LogP contribution in [0.5, 0.6) is 0 Å². The van der Waals surface area contributed by atoms with Crippen molar-refractivity contribution >= 4 is 42.5 Å². The van der Waals surface area contributed by atoms with Gasteiger partial charge in [0.15, 0.2) is 0 Å². The molecule has 0 aromatic heterocycles. The minimum atomic E-state index is -4.02. The zero-order chi connectivity index (χ0) is 8.41. The molecule has 0 aliphatic heterocycles. The van der Waals surface area contributed by atoms with Gasteiger partial charge >= 0.3 is 7.75 Å². The first kappa shape index (κ1) is 11.0. The lowest BCUT2D eigenvalue weighted by atomic mass is 10.9. The Morgan fingerprint density at radius 3 is 2.10 bits per heavy atom. The van der Waals surface area contributed by atoms with Crippen LogP contribution in [0.25, 0.3) is 0 Å². The Hall–Kier alpha value is 0.980. The van der Waals surface area contributed by atoms with Crippen LogP contribution in [-0.4, -0.2) is 15.3 Å². The molecule has 0 amide bonds. The number of rotatable bonds is 2. The van der Waals surface area contributed by atoms with Gasteiger partial charge in [-0.05, 0) is 0 Å². The Kier molecular flexibility index (Phi) is 3.94. The summed E-state index contributed by atoms with van der Waals surface area (Å²) in [7, 11) is -4.02. The van der Waals surface area contributed by atoms with Crippen LogP contribution in [0.3, 0.4) is 0 Å². The highest BCUT2D eigenvalue weighted by atomic mass is 35.6. The molecule has 3 N–H and O–H groups in total. The maximum atomic E-state index is 10.2. The zero-order valence-electron chi connectivity index (χ0n) is 4.63. The van der Waals surface area contributed by atoms with Crippen LogP contribution >= 0.6 is 42.5 Å². The third-order valence-electron chi connectivity index (χ3n) is 0.413.